The maximum Gasteiger partial charge on any atom is 0.333 e. The summed E-state index contributed by atoms with van der Waals surface area (Å²) in [5, 5.41) is 8.69. The summed E-state index contributed by atoms with van der Waals surface area (Å²) in [5.74, 6) is -1.58. The van der Waals surface area contributed by atoms with Gasteiger partial charge in [-0.1, -0.05) is 12.7 Å². The van der Waals surface area contributed by atoms with E-state index in [1.807, 2.05) is 6.92 Å². The average molecular weight is 330 g/mol. The third-order valence-electron chi connectivity index (χ3n) is 2.69. The molecule has 0 amide bonds. The lowest BCUT2D eigenvalue weighted by Gasteiger charge is -2.07. The molecule has 0 aliphatic heterocycles. The predicted molar refractivity (Wildman–Crippen MR) is 84.2 cm³/mol. The molecular formula is C16H26O7. The van der Waals surface area contributed by atoms with E-state index in [-0.39, 0.29) is 30.8 Å². The molecule has 0 saturated heterocycles. The molecule has 23 heavy (non-hydrogen) atoms. The van der Waals surface area contributed by atoms with Crippen LogP contribution < -0.4 is 0 Å². The van der Waals surface area contributed by atoms with Crippen LogP contribution in [0.25, 0.3) is 0 Å². The molecule has 0 aliphatic rings. The number of aliphatic carboxylic acids is 1. The SMILES string of the molecule is C=C(CC=C(C)C(=O)O)C(=O)OCCOCCOCCOCC. The molecule has 0 aromatic heterocycles. The van der Waals surface area contributed by atoms with Crippen LogP contribution >= 0.6 is 0 Å². The molecule has 0 heterocycles. The lowest BCUT2D eigenvalue weighted by molar-refractivity contribution is -0.140. The number of carboxylic acids is 1. The Morgan fingerprint density at radius 1 is 1.00 bits per heavy atom. The van der Waals surface area contributed by atoms with Gasteiger partial charge in [0.25, 0.3) is 0 Å². The maximum absolute atomic E-state index is 11.6. The summed E-state index contributed by atoms with van der Waals surface area (Å²) < 4.78 is 20.5. The summed E-state index contributed by atoms with van der Waals surface area (Å²) in [4.78, 5) is 22.2. The summed E-state index contributed by atoms with van der Waals surface area (Å²) in [7, 11) is 0. The zero-order valence-corrected chi connectivity index (χ0v) is 13.8. The first-order valence-corrected chi connectivity index (χ1v) is 7.47. The molecule has 0 unspecified atom stereocenters. The number of carbonyl (C=O) groups excluding carboxylic acids is 1. The van der Waals surface area contributed by atoms with E-state index in [0.29, 0.717) is 33.0 Å². The Balaban J connectivity index is 3.58. The first kappa shape index (κ1) is 21.3. The van der Waals surface area contributed by atoms with E-state index < -0.39 is 11.9 Å². The van der Waals surface area contributed by atoms with Gasteiger partial charge in [-0.25, -0.2) is 9.59 Å². The first-order valence-electron chi connectivity index (χ1n) is 7.47. The van der Waals surface area contributed by atoms with Crippen molar-refractivity contribution in [2.45, 2.75) is 20.3 Å². The summed E-state index contributed by atoms with van der Waals surface area (Å²) in [5.41, 5.74) is 0.358. The van der Waals surface area contributed by atoms with Crippen molar-refractivity contribution >= 4 is 11.9 Å². The van der Waals surface area contributed by atoms with E-state index in [1.54, 1.807) is 0 Å². The molecule has 0 spiro atoms. The highest BCUT2D eigenvalue weighted by Crippen LogP contribution is 2.05. The summed E-state index contributed by atoms with van der Waals surface area (Å²) >= 11 is 0. The number of allylic oxidation sites excluding steroid dienone is 1. The molecule has 0 atom stereocenters. The third kappa shape index (κ3) is 12.5. The minimum atomic E-state index is -1.02. The van der Waals surface area contributed by atoms with Crippen LogP contribution in [-0.4, -0.2) is 63.3 Å². The summed E-state index contributed by atoms with van der Waals surface area (Å²) in [6, 6.07) is 0. The topological polar surface area (TPSA) is 91.3 Å². The van der Waals surface area contributed by atoms with E-state index in [0.717, 1.165) is 0 Å². The fourth-order valence-corrected chi connectivity index (χ4v) is 1.33. The van der Waals surface area contributed by atoms with E-state index >= 15 is 0 Å². The standard InChI is InChI=1S/C16H26O7/c1-4-20-7-8-21-9-10-22-11-12-23-16(19)14(3)6-5-13(2)15(17)18/h5H,3-4,6-12H2,1-2H3,(H,17,18). The number of hydrogen-bond acceptors (Lipinski definition) is 6. The van der Waals surface area contributed by atoms with Crippen molar-refractivity contribution in [2.24, 2.45) is 0 Å². The zero-order valence-electron chi connectivity index (χ0n) is 13.8. The molecule has 0 aliphatic carbocycles. The molecule has 0 fully saturated rings. The van der Waals surface area contributed by atoms with Crippen molar-refractivity contribution in [3.63, 3.8) is 0 Å². The van der Waals surface area contributed by atoms with Gasteiger partial charge in [-0.15, -0.1) is 0 Å². The maximum atomic E-state index is 11.6. The molecule has 0 radical (unpaired) electrons. The summed E-state index contributed by atoms with van der Waals surface area (Å²) in [6.07, 6.45) is 1.56. The highest BCUT2D eigenvalue weighted by molar-refractivity contribution is 5.89. The molecule has 7 nitrogen and oxygen atoms in total. The fraction of sp³-hybridized carbons (Fsp3) is 0.625. The second-order valence-corrected chi connectivity index (χ2v) is 4.56. The minimum absolute atomic E-state index is 0.110. The Morgan fingerprint density at radius 3 is 2.04 bits per heavy atom. The Kier molecular flexibility index (Phi) is 12.9. The van der Waals surface area contributed by atoms with E-state index in [2.05, 4.69) is 6.58 Å². The highest BCUT2D eigenvalue weighted by Gasteiger charge is 2.08. The van der Waals surface area contributed by atoms with Gasteiger partial charge in [-0.2, -0.15) is 0 Å². The number of rotatable bonds is 14. The van der Waals surface area contributed by atoms with E-state index in [4.69, 9.17) is 24.1 Å². The first-order chi connectivity index (χ1) is 11.0. The van der Waals surface area contributed by atoms with Crippen molar-refractivity contribution < 1.29 is 33.6 Å². The molecule has 0 saturated carbocycles. The molecule has 0 aromatic carbocycles. The molecule has 0 rings (SSSR count). The van der Waals surface area contributed by atoms with Crippen LogP contribution in [0.5, 0.6) is 0 Å². The van der Waals surface area contributed by atoms with Crippen LogP contribution in [0.1, 0.15) is 20.3 Å². The largest absolute Gasteiger partial charge is 0.478 e. The predicted octanol–water partition coefficient (Wildman–Crippen LogP) is 1.58. The van der Waals surface area contributed by atoms with Crippen LogP contribution in [0.15, 0.2) is 23.8 Å². The molecule has 0 bridgehead atoms. The van der Waals surface area contributed by atoms with Gasteiger partial charge in [0, 0.05) is 17.8 Å². The van der Waals surface area contributed by atoms with Crippen LogP contribution in [0, 0.1) is 0 Å². The van der Waals surface area contributed by atoms with Crippen LogP contribution in [0.2, 0.25) is 0 Å². The lowest BCUT2D eigenvalue weighted by atomic mass is 10.1. The molecule has 7 heteroatoms. The average Bonchev–Trinajstić information content (AvgIpc) is 2.53. The smallest absolute Gasteiger partial charge is 0.333 e. The molecule has 1 N–H and O–H groups in total. The second kappa shape index (κ2) is 13.9. The highest BCUT2D eigenvalue weighted by atomic mass is 16.6. The number of carboxylic acid groups (broad SMARTS) is 1. The van der Waals surface area contributed by atoms with Crippen molar-refractivity contribution in [1.29, 1.82) is 0 Å². The normalized spacial score (nSPS) is 11.3. The number of hydrogen-bond donors (Lipinski definition) is 1. The number of carbonyl (C=O) groups is 2. The van der Waals surface area contributed by atoms with Crippen LogP contribution in [0.4, 0.5) is 0 Å². The second-order valence-electron chi connectivity index (χ2n) is 4.56. The van der Waals surface area contributed by atoms with E-state index in [1.165, 1.54) is 13.0 Å². The molecular weight excluding hydrogens is 304 g/mol. The van der Waals surface area contributed by atoms with Crippen LogP contribution in [0.3, 0.4) is 0 Å². The monoisotopic (exact) mass is 330 g/mol. The van der Waals surface area contributed by atoms with Crippen molar-refractivity contribution in [1.82, 2.24) is 0 Å². The van der Waals surface area contributed by atoms with Crippen LogP contribution in [-0.2, 0) is 28.5 Å². The van der Waals surface area contributed by atoms with E-state index in [9.17, 15) is 9.59 Å². The Hall–Kier alpha value is -1.70. The third-order valence-corrected chi connectivity index (χ3v) is 2.69. The van der Waals surface area contributed by atoms with Gasteiger partial charge >= 0.3 is 11.9 Å². The van der Waals surface area contributed by atoms with Gasteiger partial charge in [0.2, 0.25) is 0 Å². The van der Waals surface area contributed by atoms with Gasteiger partial charge in [0.15, 0.2) is 0 Å². The van der Waals surface area contributed by atoms with Gasteiger partial charge in [0.05, 0.1) is 33.0 Å². The number of ether oxygens (including phenoxy) is 4. The molecule has 132 valence electrons. The zero-order chi connectivity index (χ0) is 17.5. The number of esters is 1. The van der Waals surface area contributed by atoms with Gasteiger partial charge in [-0.3, -0.25) is 0 Å². The van der Waals surface area contributed by atoms with Crippen molar-refractivity contribution in [3.05, 3.63) is 23.8 Å². The van der Waals surface area contributed by atoms with Gasteiger partial charge in [0.1, 0.15) is 6.61 Å². The molecule has 0 aromatic rings. The fourth-order valence-electron chi connectivity index (χ4n) is 1.33. The lowest BCUT2D eigenvalue weighted by Crippen LogP contribution is -2.14. The Morgan fingerprint density at radius 2 is 1.52 bits per heavy atom. The quantitative estimate of drug-likeness (QED) is 0.294. The van der Waals surface area contributed by atoms with Gasteiger partial charge < -0.3 is 24.1 Å². The Labute approximate surface area is 136 Å². The summed E-state index contributed by atoms with van der Waals surface area (Å²) in [6.45, 7) is 9.92. The minimum Gasteiger partial charge on any atom is -0.478 e. The van der Waals surface area contributed by atoms with Crippen molar-refractivity contribution in [2.75, 3.05) is 46.2 Å². The van der Waals surface area contributed by atoms with Crippen molar-refractivity contribution in [3.8, 4) is 0 Å². The Bertz CT molecular complexity index is 401. The van der Waals surface area contributed by atoms with Gasteiger partial charge in [-0.05, 0) is 20.3 Å².